The van der Waals surface area contributed by atoms with Crippen molar-refractivity contribution in [3.8, 4) is 0 Å². The van der Waals surface area contributed by atoms with Crippen molar-refractivity contribution in [1.29, 1.82) is 0 Å². The van der Waals surface area contributed by atoms with Gasteiger partial charge in [0.15, 0.2) is 0 Å². The monoisotopic (exact) mass is 207 g/mol. The predicted molar refractivity (Wildman–Crippen MR) is 55.6 cm³/mol. The molecular weight excluding hydrogens is 194 g/mol. The van der Waals surface area contributed by atoms with E-state index >= 15 is 0 Å². The highest BCUT2D eigenvalue weighted by Gasteiger charge is 2.12. The van der Waals surface area contributed by atoms with E-state index in [2.05, 4.69) is 5.32 Å². The van der Waals surface area contributed by atoms with Crippen molar-refractivity contribution in [2.75, 3.05) is 6.54 Å². The highest BCUT2D eigenvalue weighted by Crippen LogP contribution is 1.99. The van der Waals surface area contributed by atoms with E-state index in [0.29, 0.717) is 5.56 Å². The first-order valence-corrected chi connectivity index (χ1v) is 4.67. The third kappa shape index (κ3) is 3.42. The molecular formula is C11H13NO3. The number of nitrogens with one attached hydrogen (secondary N) is 1. The first-order valence-electron chi connectivity index (χ1n) is 4.67. The lowest BCUT2D eigenvalue weighted by molar-refractivity contribution is -0.140. The molecule has 0 aromatic heterocycles. The Bertz CT molecular complexity index is 348. The summed E-state index contributed by atoms with van der Waals surface area (Å²) in [6.45, 7) is 1.69. The zero-order valence-corrected chi connectivity index (χ0v) is 8.43. The molecule has 0 aliphatic rings. The number of rotatable bonds is 4. The third-order valence-corrected chi connectivity index (χ3v) is 2.03. The molecule has 0 aliphatic carbocycles. The Balaban J connectivity index is 2.47. The van der Waals surface area contributed by atoms with Gasteiger partial charge in [0.05, 0.1) is 5.92 Å². The minimum absolute atomic E-state index is 0.142. The van der Waals surface area contributed by atoms with Crippen LogP contribution in [0.1, 0.15) is 17.3 Å². The maximum atomic E-state index is 11.5. The second-order valence-electron chi connectivity index (χ2n) is 3.32. The average molecular weight is 207 g/mol. The largest absolute Gasteiger partial charge is 0.481 e. The smallest absolute Gasteiger partial charge is 0.308 e. The van der Waals surface area contributed by atoms with Crippen molar-refractivity contribution in [1.82, 2.24) is 5.32 Å². The van der Waals surface area contributed by atoms with Crippen LogP contribution >= 0.6 is 0 Å². The van der Waals surface area contributed by atoms with Crippen LogP contribution in [0.5, 0.6) is 0 Å². The van der Waals surface area contributed by atoms with Gasteiger partial charge in [0.25, 0.3) is 5.91 Å². The van der Waals surface area contributed by atoms with Gasteiger partial charge < -0.3 is 10.4 Å². The topological polar surface area (TPSA) is 66.4 Å². The Kier molecular flexibility index (Phi) is 3.85. The summed E-state index contributed by atoms with van der Waals surface area (Å²) < 4.78 is 0. The molecule has 15 heavy (non-hydrogen) atoms. The highest BCUT2D eigenvalue weighted by atomic mass is 16.4. The number of benzene rings is 1. The molecule has 1 aromatic carbocycles. The van der Waals surface area contributed by atoms with Crippen molar-refractivity contribution >= 4 is 11.9 Å². The zero-order chi connectivity index (χ0) is 11.3. The Labute approximate surface area is 87.9 Å². The van der Waals surface area contributed by atoms with Crippen LogP contribution in [0.4, 0.5) is 0 Å². The summed E-state index contributed by atoms with van der Waals surface area (Å²) >= 11 is 0. The molecule has 0 bridgehead atoms. The normalized spacial score (nSPS) is 11.8. The van der Waals surface area contributed by atoms with Crippen molar-refractivity contribution in [2.24, 2.45) is 5.92 Å². The second kappa shape index (κ2) is 5.14. The molecule has 1 rings (SSSR count). The van der Waals surface area contributed by atoms with Crippen molar-refractivity contribution in [2.45, 2.75) is 6.92 Å². The number of hydrogen-bond donors (Lipinski definition) is 2. The summed E-state index contributed by atoms with van der Waals surface area (Å²) in [6.07, 6.45) is 0. The van der Waals surface area contributed by atoms with Gasteiger partial charge in [-0.05, 0) is 12.1 Å². The Morgan fingerprint density at radius 1 is 1.33 bits per heavy atom. The molecule has 1 aromatic rings. The fraction of sp³-hybridized carbons (Fsp3) is 0.273. The van der Waals surface area contributed by atoms with Crippen LogP contribution in [0.25, 0.3) is 0 Å². The first kappa shape index (κ1) is 11.2. The van der Waals surface area contributed by atoms with Crippen LogP contribution in [-0.2, 0) is 4.79 Å². The standard InChI is InChI=1S/C11H13NO3/c1-8(11(14)15)7-12-10(13)9-5-3-2-4-6-9/h2-6,8H,7H2,1H3,(H,12,13)(H,14,15). The number of carbonyl (C=O) groups excluding carboxylic acids is 1. The van der Waals surface area contributed by atoms with Crippen LogP contribution < -0.4 is 5.32 Å². The lowest BCUT2D eigenvalue weighted by Crippen LogP contribution is -2.31. The molecule has 80 valence electrons. The van der Waals surface area contributed by atoms with Gasteiger partial charge in [-0.3, -0.25) is 9.59 Å². The van der Waals surface area contributed by atoms with E-state index in [9.17, 15) is 9.59 Å². The fourth-order valence-electron chi connectivity index (χ4n) is 1.02. The summed E-state index contributed by atoms with van der Waals surface area (Å²) in [4.78, 5) is 22.0. The molecule has 1 amide bonds. The molecule has 0 saturated heterocycles. The van der Waals surface area contributed by atoms with E-state index in [1.54, 1.807) is 31.2 Å². The lowest BCUT2D eigenvalue weighted by Gasteiger charge is -2.07. The van der Waals surface area contributed by atoms with E-state index in [-0.39, 0.29) is 12.5 Å². The first-order chi connectivity index (χ1) is 7.11. The van der Waals surface area contributed by atoms with E-state index in [1.165, 1.54) is 0 Å². The number of carboxylic acids is 1. The van der Waals surface area contributed by atoms with Gasteiger partial charge in [-0.25, -0.2) is 0 Å². The van der Waals surface area contributed by atoms with Gasteiger partial charge in [0, 0.05) is 12.1 Å². The summed E-state index contributed by atoms with van der Waals surface area (Å²) in [5, 5.41) is 11.2. The average Bonchev–Trinajstić information content (AvgIpc) is 2.26. The van der Waals surface area contributed by atoms with Gasteiger partial charge in [-0.2, -0.15) is 0 Å². The molecule has 4 nitrogen and oxygen atoms in total. The minimum Gasteiger partial charge on any atom is -0.481 e. The molecule has 1 unspecified atom stereocenters. The van der Waals surface area contributed by atoms with Crippen LogP contribution in [0.3, 0.4) is 0 Å². The number of hydrogen-bond acceptors (Lipinski definition) is 2. The molecule has 1 atom stereocenters. The third-order valence-electron chi connectivity index (χ3n) is 2.03. The molecule has 4 heteroatoms. The Morgan fingerprint density at radius 2 is 1.93 bits per heavy atom. The quantitative estimate of drug-likeness (QED) is 0.778. The van der Waals surface area contributed by atoms with Crippen LogP contribution in [0.15, 0.2) is 30.3 Å². The molecule has 0 aliphatic heterocycles. The fourth-order valence-corrected chi connectivity index (χ4v) is 1.02. The van der Waals surface area contributed by atoms with Crippen molar-refractivity contribution < 1.29 is 14.7 Å². The van der Waals surface area contributed by atoms with Crippen LogP contribution in [0.2, 0.25) is 0 Å². The molecule has 0 fully saturated rings. The highest BCUT2D eigenvalue weighted by molar-refractivity contribution is 5.94. The number of carboxylic acid groups (broad SMARTS) is 1. The van der Waals surface area contributed by atoms with Gasteiger partial charge in [0.1, 0.15) is 0 Å². The molecule has 0 saturated carbocycles. The second-order valence-corrected chi connectivity index (χ2v) is 3.32. The molecule has 0 radical (unpaired) electrons. The van der Waals surface area contributed by atoms with Gasteiger partial charge in [0.2, 0.25) is 0 Å². The summed E-state index contributed by atoms with van der Waals surface area (Å²) in [7, 11) is 0. The summed E-state index contributed by atoms with van der Waals surface area (Å²) in [5.41, 5.74) is 0.537. The lowest BCUT2D eigenvalue weighted by atomic mass is 10.1. The predicted octanol–water partition coefficient (Wildman–Crippen LogP) is 1.14. The SMILES string of the molecule is CC(CNC(=O)c1ccccc1)C(=O)O. The summed E-state index contributed by atoms with van der Waals surface area (Å²) in [5.74, 6) is -1.73. The van der Waals surface area contributed by atoms with Gasteiger partial charge in [-0.15, -0.1) is 0 Å². The zero-order valence-electron chi connectivity index (χ0n) is 8.43. The maximum Gasteiger partial charge on any atom is 0.308 e. The minimum atomic E-state index is -0.914. The van der Waals surface area contributed by atoms with Crippen LogP contribution in [0, 0.1) is 5.92 Å². The van der Waals surface area contributed by atoms with E-state index in [4.69, 9.17) is 5.11 Å². The number of carbonyl (C=O) groups is 2. The Hall–Kier alpha value is -1.84. The van der Waals surface area contributed by atoms with Crippen molar-refractivity contribution in [3.05, 3.63) is 35.9 Å². The van der Waals surface area contributed by atoms with E-state index < -0.39 is 11.9 Å². The maximum absolute atomic E-state index is 11.5. The van der Waals surface area contributed by atoms with Crippen LogP contribution in [-0.4, -0.2) is 23.5 Å². The number of amides is 1. The number of aliphatic carboxylic acids is 1. The van der Waals surface area contributed by atoms with E-state index in [1.807, 2.05) is 6.07 Å². The molecule has 0 spiro atoms. The molecule has 2 N–H and O–H groups in total. The van der Waals surface area contributed by atoms with Gasteiger partial charge in [-0.1, -0.05) is 25.1 Å². The summed E-state index contributed by atoms with van der Waals surface area (Å²) in [6, 6.07) is 8.70. The van der Waals surface area contributed by atoms with Gasteiger partial charge >= 0.3 is 5.97 Å². The van der Waals surface area contributed by atoms with Crippen molar-refractivity contribution in [3.63, 3.8) is 0 Å². The van der Waals surface area contributed by atoms with E-state index in [0.717, 1.165) is 0 Å². The Morgan fingerprint density at radius 3 is 2.47 bits per heavy atom. The molecule has 0 heterocycles.